The highest BCUT2D eigenvalue weighted by Gasteiger charge is 2.08. The zero-order valence-corrected chi connectivity index (χ0v) is 15.5. The molecule has 0 aliphatic rings. The lowest BCUT2D eigenvalue weighted by Crippen LogP contribution is -2.20. The average molecular weight is 417 g/mol. The van der Waals surface area contributed by atoms with Gasteiger partial charge in [0.05, 0.1) is 4.47 Å². The largest absolute Gasteiger partial charge is 0.483 e. The van der Waals surface area contributed by atoms with Gasteiger partial charge in [0.25, 0.3) is 5.91 Å². The number of carbonyl (C=O) groups is 1. The highest BCUT2D eigenvalue weighted by Crippen LogP contribution is 2.30. The van der Waals surface area contributed by atoms with Crippen molar-refractivity contribution in [2.45, 2.75) is 0 Å². The Morgan fingerprint density at radius 3 is 2.48 bits per heavy atom. The van der Waals surface area contributed by atoms with Gasteiger partial charge in [-0.15, -0.1) is 0 Å². The number of ether oxygens (including phenoxy) is 1. The molecule has 0 radical (unpaired) electrons. The van der Waals surface area contributed by atoms with E-state index in [0.717, 1.165) is 15.6 Å². The second-order valence-corrected chi connectivity index (χ2v) is 6.65. The van der Waals surface area contributed by atoms with Gasteiger partial charge < -0.3 is 10.1 Å². The predicted molar refractivity (Wildman–Crippen MR) is 105 cm³/mol. The maximum atomic E-state index is 12.0. The van der Waals surface area contributed by atoms with Gasteiger partial charge in [0.2, 0.25) is 0 Å². The molecule has 5 heteroatoms. The third kappa shape index (κ3) is 4.84. The second-order valence-electron chi connectivity index (χ2n) is 5.36. The SMILES string of the molecule is O=C(COc1ccc(-c2ccccc2)cc1Br)Nc1cccc(Cl)c1. The molecule has 3 aromatic carbocycles. The van der Waals surface area contributed by atoms with Gasteiger partial charge in [-0.1, -0.05) is 54.1 Å². The van der Waals surface area contributed by atoms with Crippen LogP contribution in [0.5, 0.6) is 5.75 Å². The molecule has 0 aliphatic carbocycles. The minimum Gasteiger partial charge on any atom is -0.483 e. The predicted octanol–water partition coefficient (Wildman–Crippen LogP) is 5.79. The van der Waals surface area contributed by atoms with Crippen LogP contribution in [-0.4, -0.2) is 12.5 Å². The summed E-state index contributed by atoms with van der Waals surface area (Å²) in [6, 6.07) is 22.8. The van der Waals surface area contributed by atoms with Crippen molar-refractivity contribution in [2.24, 2.45) is 0 Å². The molecule has 0 aliphatic heterocycles. The van der Waals surface area contributed by atoms with Crippen LogP contribution < -0.4 is 10.1 Å². The Morgan fingerprint density at radius 2 is 1.76 bits per heavy atom. The van der Waals surface area contributed by atoms with Crippen LogP contribution in [0.15, 0.2) is 77.3 Å². The molecular formula is C20H15BrClNO2. The number of nitrogens with one attached hydrogen (secondary N) is 1. The van der Waals surface area contributed by atoms with Crippen molar-refractivity contribution < 1.29 is 9.53 Å². The maximum absolute atomic E-state index is 12.0. The van der Waals surface area contributed by atoms with E-state index in [4.69, 9.17) is 16.3 Å². The van der Waals surface area contributed by atoms with Gasteiger partial charge in [0.15, 0.2) is 6.61 Å². The summed E-state index contributed by atoms with van der Waals surface area (Å²) < 4.78 is 6.40. The molecule has 0 atom stereocenters. The van der Waals surface area contributed by atoms with Crippen molar-refractivity contribution in [2.75, 3.05) is 11.9 Å². The summed E-state index contributed by atoms with van der Waals surface area (Å²) in [5.41, 5.74) is 2.83. The Balaban J connectivity index is 1.62. The van der Waals surface area contributed by atoms with Crippen molar-refractivity contribution in [3.8, 4) is 16.9 Å². The van der Waals surface area contributed by atoms with E-state index in [0.29, 0.717) is 16.5 Å². The van der Waals surface area contributed by atoms with Crippen molar-refractivity contribution in [3.63, 3.8) is 0 Å². The number of anilines is 1. The van der Waals surface area contributed by atoms with Crippen LogP contribution in [-0.2, 0) is 4.79 Å². The molecule has 3 aromatic rings. The number of rotatable bonds is 5. The first-order valence-corrected chi connectivity index (χ1v) is 8.82. The van der Waals surface area contributed by atoms with Gasteiger partial charge in [-0.25, -0.2) is 0 Å². The molecule has 0 spiro atoms. The standard InChI is InChI=1S/C20H15BrClNO2/c21-18-11-15(14-5-2-1-3-6-14)9-10-19(18)25-13-20(24)23-17-8-4-7-16(22)12-17/h1-12H,13H2,(H,23,24). The monoisotopic (exact) mass is 415 g/mol. The Morgan fingerprint density at radius 1 is 0.960 bits per heavy atom. The first-order valence-electron chi connectivity index (χ1n) is 7.65. The molecule has 0 heterocycles. The zero-order chi connectivity index (χ0) is 17.6. The number of halogens is 2. The van der Waals surface area contributed by atoms with Crippen LogP contribution in [0.2, 0.25) is 5.02 Å². The molecule has 0 aromatic heterocycles. The fourth-order valence-electron chi connectivity index (χ4n) is 2.33. The lowest BCUT2D eigenvalue weighted by atomic mass is 10.1. The summed E-state index contributed by atoms with van der Waals surface area (Å²) >= 11 is 9.40. The number of carbonyl (C=O) groups excluding carboxylic acids is 1. The third-order valence-electron chi connectivity index (χ3n) is 3.51. The quantitative estimate of drug-likeness (QED) is 0.572. The number of benzene rings is 3. The highest BCUT2D eigenvalue weighted by molar-refractivity contribution is 9.10. The fourth-order valence-corrected chi connectivity index (χ4v) is 3.02. The molecule has 3 nitrogen and oxygen atoms in total. The summed E-state index contributed by atoms with van der Waals surface area (Å²) in [6.45, 7) is -0.0875. The lowest BCUT2D eigenvalue weighted by Gasteiger charge is -2.10. The van der Waals surface area contributed by atoms with Crippen LogP contribution >= 0.6 is 27.5 Å². The van der Waals surface area contributed by atoms with Crippen molar-refractivity contribution in [3.05, 3.63) is 82.3 Å². The molecule has 3 rings (SSSR count). The molecule has 25 heavy (non-hydrogen) atoms. The van der Waals surface area contributed by atoms with Gasteiger partial charge in [-0.05, 0) is 57.4 Å². The van der Waals surface area contributed by atoms with Crippen LogP contribution in [0.3, 0.4) is 0 Å². The van der Waals surface area contributed by atoms with E-state index in [-0.39, 0.29) is 12.5 Å². The number of hydrogen-bond acceptors (Lipinski definition) is 2. The summed E-state index contributed by atoms with van der Waals surface area (Å²) in [5.74, 6) is 0.363. The fraction of sp³-hybridized carbons (Fsp3) is 0.0500. The topological polar surface area (TPSA) is 38.3 Å². The van der Waals surface area contributed by atoms with E-state index in [1.165, 1.54) is 0 Å². The van der Waals surface area contributed by atoms with Gasteiger partial charge in [-0.2, -0.15) is 0 Å². The Bertz CT molecular complexity index is 884. The van der Waals surface area contributed by atoms with Crippen LogP contribution in [0.1, 0.15) is 0 Å². The van der Waals surface area contributed by atoms with Crippen LogP contribution in [0.25, 0.3) is 11.1 Å². The maximum Gasteiger partial charge on any atom is 0.262 e. The number of hydrogen-bond donors (Lipinski definition) is 1. The van der Waals surface area contributed by atoms with Gasteiger partial charge >= 0.3 is 0 Å². The molecule has 126 valence electrons. The molecule has 0 fully saturated rings. The first-order chi connectivity index (χ1) is 12.1. The Labute approximate surface area is 159 Å². The zero-order valence-electron chi connectivity index (χ0n) is 13.2. The Hall–Kier alpha value is -2.30. The summed E-state index contributed by atoms with van der Waals surface area (Å²) in [6.07, 6.45) is 0. The van der Waals surface area contributed by atoms with E-state index in [1.54, 1.807) is 24.3 Å². The molecule has 0 unspecified atom stereocenters. The van der Waals surface area contributed by atoms with E-state index in [1.807, 2.05) is 48.5 Å². The van der Waals surface area contributed by atoms with Crippen LogP contribution in [0, 0.1) is 0 Å². The molecule has 0 saturated heterocycles. The van der Waals surface area contributed by atoms with Crippen molar-refractivity contribution in [1.82, 2.24) is 0 Å². The smallest absolute Gasteiger partial charge is 0.262 e. The molecular weight excluding hydrogens is 402 g/mol. The van der Waals surface area contributed by atoms with Gasteiger partial charge in [0.1, 0.15) is 5.75 Å². The molecule has 0 saturated carbocycles. The summed E-state index contributed by atoms with van der Waals surface area (Å²) in [7, 11) is 0. The van der Waals surface area contributed by atoms with E-state index >= 15 is 0 Å². The third-order valence-corrected chi connectivity index (χ3v) is 4.36. The Kier molecular flexibility index (Phi) is 5.74. The normalized spacial score (nSPS) is 10.3. The minimum atomic E-state index is -0.249. The van der Waals surface area contributed by atoms with E-state index in [2.05, 4.69) is 21.2 Å². The molecule has 1 amide bonds. The van der Waals surface area contributed by atoms with Crippen LogP contribution in [0.4, 0.5) is 5.69 Å². The minimum absolute atomic E-state index is 0.0875. The second kappa shape index (κ2) is 8.19. The lowest BCUT2D eigenvalue weighted by molar-refractivity contribution is -0.118. The van der Waals surface area contributed by atoms with Crippen molar-refractivity contribution in [1.29, 1.82) is 0 Å². The molecule has 0 bridgehead atoms. The summed E-state index contributed by atoms with van der Waals surface area (Å²) in [5, 5.41) is 3.31. The first kappa shape index (κ1) is 17.5. The van der Waals surface area contributed by atoms with E-state index < -0.39 is 0 Å². The number of amides is 1. The summed E-state index contributed by atoms with van der Waals surface area (Å²) in [4.78, 5) is 12.0. The van der Waals surface area contributed by atoms with Gasteiger partial charge in [0, 0.05) is 10.7 Å². The van der Waals surface area contributed by atoms with Crippen molar-refractivity contribution >= 4 is 39.1 Å². The molecule has 1 N–H and O–H groups in total. The highest BCUT2D eigenvalue weighted by atomic mass is 79.9. The average Bonchev–Trinajstić information content (AvgIpc) is 2.61. The van der Waals surface area contributed by atoms with E-state index in [9.17, 15) is 4.79 Å². The van der Waals surface area contributed by atoms with Gasteiger partial charge in [-0.3, -0.25) is 4.79 Å².